The molecule has 92 valence electrons. The highest BCUT2D eigenvalue weighted by molar-refractivity contribution is 5.72. The molecule has 1 rings (SSSR count). The fraction of sp³-hybridized carbons (Fsp3) is 0.400. The lowest BCUT2D eigenvalue weighted by Crippen LogP contribution is -2.20. The summed E-state index contributed by atoms with van der Waals surface area (Å²) < 4.78 is 0. The molecule has 0 aliphatic heterocycles. The first kappa shape index (κ1) is 13.5. The summed E-state index contributed by atoms with van der Waals surface area (Å²) in [5, 5.41) is 2.78. The van der Waals surface area contributed by atoms with E-state index in [1.54, 1.807) is 0 Å². The van der Waals surface area contributed by atoms with E-state index in [-0.39, 0.29) is 5.91 Å². The summed E-state index contributed by atoms with van der Waals surface area (Å²) in [5.41, 5.74) is 5.20. The second-order valence-corrected chi connectivity index (χ2v) is 4.49. The van der Waals surface area contributed by atoms with E-state index in [1.165, 1.54) is 29.2 Å². The zero-order valence-corrected chi connectivity index (χ0v) is 11.1. The Bertz CT molecular complexity index is 410. The van der Waals surface area contributed by atoms with Crippen LogP contribution < -0.4 is 5.32 Å². The van der Waals surface area contributed by atoms with Crippen LogP contribution in [-0.2, 0) is 4.79 Å². The molecule has 17 heavy (non-hydrogen) atoms. The predicted molar refractivity (Wildman–Crippen MR) is 73.0 cm³/mol. The molecule has 0 aromatic heterocycles. The summed E-state index contributed by atoms with van der Waals surface area (Å²) in [6.07, 6.45) is 5.12. The minimum absolute atomic E-state index is 0.0288. The van der Waals surface area contributed by atoms with E-state index >= 15 is 0 Å². The molecule has 0 radical (unpaired) electrons. The Morgan fingerprint density at radius 2 is 1.82 bits per heavy atom. The topological polar surface area (TPSA) is 29.1 Å². The number of rotatable bonds is 4. The van der Waals surface area contributed by atoms with E-state index in [4.69, 9.17) is 0 Å². The third-order valence-corrected chi connectivity index (χ3v) is 2.71. The van der Waals surface area contributed by atoms with Crippen molar-refractivity contribution >= 4 is 12.0 Å². The first-order chi connectivity index (χ1) is 8.00. The fourth-order valence-electron chi connectivity index (χ4n) is 1.99. The molecular formula is C15H21NO. The van der Waals surface area contributed by atoms with Crippen molar-refractivity contribution in [2.45, 2.75) is 34.1 Å². The fourth-order valence-corrected chi connectivity index (χ4v) is 1.99. The predicted octanol–water partition coefficient (Wildman–Crippen LogP) is 3.15. The number of carbonyl (C=O) groups is 1. The van der Waals surface area contributed by atoms with Gasteiger partial charge >= 0.3 is 0 Å². The maximum atomic E-state index is 10.7. The Hall–Kier alpha value is -1.57. The van der Waals surface area contributed by atoms with E-state index in [2.05, 4.69) is 50.4 Å². The molecule has 2 nitrogen and oxygen atoms in total. The van der Waals surface area contributed by atoms with Crippen LogP contribution in [0.2, 0.25) is 0 Å². The number of carbonyl (C=O) groups excluding carboxylic acids is 1. The van der Waals surface area contributed by atoms with Gasteiger partial charge < -0.3 is 5.32 Å². The minimum atomic E-state index is 0.0288. The summed E-state index contributed by atoms with van der Waals surface area (Å²) in [6.45, 7) is 8.62. The number of hydrogen-bond donors (Lipinski definition) is 1. The van der Waals surface area contributed by atoms with Crippen LogP contribution in [0.25, 0.3) is 6.08 Å². The first-order valence-corrected chi connectivity index (χ1v) is 5.99. The molecule has 0 saturated carbocycles. The third kappa shape index (κ3) is 4.43. The van der Waals surface area contributed by atoms with Crippen LogP contribution in [0.1, 0.15) is 35.6 Å². The molecule has 0 heterocycles. The van der Waals surface area contributed by atoms with E-state index in [0.717, 1.165) is 6.42 Å². The maximum absolute atomic E-state index is 10.7. The van der Waals surface area contributed by atoms with Gasteiger partial charge in [-0.2, -0.15) is 0 Å². The standard InChI is InChI=1S/C15H21NO/c1-11-9-12(2)15(13(3)10-11)7-5-6-8-16-14(4)17/h5,7,9-10H,6,8H2,1-4H3,(H,16,17). The Morgan fingerprint density at radius 1 is 1.24 bits per heavy atom. The van der Waals surface area contributed by atoms with Gasteiger partial charge in [-0.15, -0.1) is 0 Å². The Morgan fingerprint density at radius 3 is 2.35 bits per heavy atom. The van der Waals surface area contributed by atoms with Crippen LogP contribution in [-0.4, -0.2) is 12.5 Å². The van der Waals surface area contributed by atoms with Crippen molar-refractivity contribution in [3.8, 4) is 0 Å². The molecule has 2 heteroatoms. The average Bonchev–Trinajstić information content (AvgIpc) is 2.20. The summed E-state index contributed by atoms with van der Waals surface area (Å²) in [4.78, 5) is 10.7. The first-order valence-electron chi connectivity index (χ1n) is 5.99. The lowest BCUT2D eigenvalue weighted by atomic mass is 9.99. The van der Waals surface area contributed by atoms with Gasteiger partial charge in [0.1, 0.15) is 0 Å². The molecule has 1 aromatic carbocycles. The number of benzene rings is 1. The van der Waals surface area contributed by atoms with Crippen LogP contribution >= 0.6 is 0 Å². The Balaban J connectivity index is 2.62. The monoisotopic (exact) mass is 231 g/mol. The maximum Gasteiger partial charge on any atom is 0.216 e. The van der Waals surface area contributed by atoms with E-state index in [1.807, 2.05) is 0 Å². The van der Waals surface area contributed by atoms with Gasteiger partial charge in [0.05, 0.1) is 0 Å². The molecule has 0 bridgehead atoms. The molecule has 0 saturated heterocycles. The molecule has 0 fully saturated rings. The molecule has 0 aliphatic carbocycles. The molecule has 1 amide bonds. The normalized spacial score (nSPS) is 10.8. The highest BCUT2D eigenvalue weighted by Crippen LogP contribution is 2.17. The Kier molecular flexibility index (Phi) is 4.95. The molecule has 0 aliphatic rings. The van der Waals surface area contributed by atoms with Gasteiger partial charge in [0.2, 0.25) is 5.91 Å². The van der Waals surface area contributed by atoms with Gasteiger partial charge in [-0.05, 0) is 43.9 Å². The lowest BCUT2D eigenvalue weighted by Gasteiger charge is -2.07. The van der Waals surface area contributed by atoms with Crippen LogP contribution in [0.15, 0.2) is 18.2 Å². The number of hydrogen-bond acceptors (Lipinski definition) is 1. The van der Waals surface area contributed by atoms with Gasteiger partial charge in [0, 0.05) is 13.5 Å². The molecule has 0 unspecified atom stereocenters. The molecule has 1 aromatic rings. The number of amides is 1. The van der Waals surface area contributed by atoms with E-state index < -0.39 is 0 Å². The largest absolute Gasteiger partial charge is 0.356 e. The smallest absolute Gasteiger partial charge is 0.216 e. The van der Waals surface area contributed by atoms with Crippen molar-refractivity contribution in [3.05, 3.63) is 40.5 Å². The SMILES string of the molecule is CC(=O)NCCC=Cc1c(C)cc(C)cc1C. The van der Waals surface area contributed by atoms with Gasteiger partial charge in [-0.3, -0.25) is 4.79 Å². The van der Waals surface area contributed by atoms with Gasteiger partial charge in [-0.25, -0.2) is 0 Å². The van der Waals surface area contributed by atoms with Crippen LogP contribution in [0.3, 0.4) is 0 Å². The minimum Gasteiger partial charge on any atom is -0.356 e. The summed E-state index contributed by atoms with van der Waals surface area (Å²) in [6, 6.07) is 4.39. The van der Waals surface area contributed by atoms with Crippen molar-refractivity contribution in [2.75, 3.05) is 6.54 Å². The van der Waals surface area contributed by atoms with Gasteiger partial charge in [0.15, 0.2) is 0 Å². The number of aryl methyl sites for hydroxylation is 3. The second kappa shape index (κ2) is 6.24. The van der Waals surface area contributed by atoms with Gasteiger partial charge in [-0.1, -0.05) is 29.8 Å². The molecule has 0 atom stereocenters. The van der Waals surface area contributed by atoms with Crippen molar-refractivity contribution < 1.29 is 4.79 Å². The zero-order chi connectivity index (χ0) is 12.8. The van der Waals surface area contributed by atoms with Crippen molar-refractivity contribution in [3.63, 3.8) is 0 Å². The van der Waals surface area contributed by atoms with Crippen molar-refractivity contribution in [1.29, 1.82) is 0 Å². The van der Waals surface area contributed by atoms with E-state index in [0.29, 0.717) is 6.54 Å². The lowest BCUT2D eigenvalue weighted by molar-refractivity contribution is -0.118. The van der Waals surface area contributed by atoms with Crippen LogP contribution in [0.4, 0.5) is 0 Å². The summed E-state index contributed by atoms with van der Waals surface area (Å²) in [5.74, 6) is 0.0288. The highest BCUT2D eigenvalue weighted by atomic mass is 16.1. The van der Waals surface area contributed by atoms with E-state index in [9.17, 15) is 4.79 Å². The molecule has 0 spiro atoms. The summed E-state index contributed by atoms with van der Waals surface area (Å²) >= 11 is 0. The third-order valence-electron chi connectivity index (χ3n) is 2.71. The average molecular weight is 231 g/mol. The van der Waals surface area contributed by atoms with Crippen molar-refractivity contribution in [1.82, 2.24) is 5.32 Å². The summed E-state index contributed by atoms with van der Waals surface area (Å²) in [7, 11) is 0. The van der Waals surface area contributed by atoms with Crippen LogP contribution in [0.5, 0.6) is 0 Å². The van der Waals surface area contributed by atoms with Crippen molar-refractivity contribution in [2.24, 2.45) is 0 Å². The molecule has 1 N–H and O–H groups in total. The Labute approximate surface area is 104 Å². The highest BCUT2D eigenvalue weighted by Gasteiger charge is 1.99. The second-order valence-electron chi connectivity index (χ2n) is 4.49. The van der Waals surface area contributed by atoms with Gasteiger partial charge in [0.25, 0.3) is 0 Å². The molecular weight excluding hydrogens is 210 g/mol. The quantitative estimate of drug-likeness (QED) is 0.792. The zero-order valence-electron chi connectivity index (χ0n) is 11.1. The number of nitrogens with one attached hydrogen (secondary N) is 1. The van der Waals surface area contributed by atoms with Crippen LogP contribution in [0, 0.1) is 20.8 Å².